The Balaban J connectivity index is 1.63. The molecule has 0 aliphatic rings. The molecule has 0 radical (unpaired) electrons. The number of amides is 1. The average molecular weight is 369 g/mol. The lowest BCUT2D eigenvalue weighted by Crippen LogP contribution is -2.13. The lowest BCUT2D eigenvalue weighted by Gasteiger charge is -2.10. The summed E-state index contributed by atoms with van der Waals surface area (Å²) in [5, 5.41) is 6.31. The molecule has 7 heteroatoms. The van der Waals surface area contributed by atoms with Crippen molar-refractivity contribution in [1.82, 2.24) is 9.97 Å². The summed E-state index contributed by atoms with van der Waals surface area (Å²) < 4.78 is 5.31. The number of benzene rings is 2. The number of hydrogen-bond donors (Lipinski definition) is 2. The molecule has 0 atom stereocenters. The van der Waals surface area contributed by atoms with Crippen LogP contribution < -0.4 is 15.4 Å². The minimum atomic E-state index is -0.325. The van der Waals surface area contributed by atoms with Gasteiger partial charge in [0.15, 0.2) is 0 Å². The number of halogens is 1. The van der Waals surface area contributed by atoms with E-state index in [1.807, 2.05) is 24.3 Å². The molecular weight excluding hydrogens is 352 g/mol. The first kappa shape index (κ1) is 17.7. The number of para-hydroxylation sites is 2. The number of methoxy groups -OCH3 is 1. The highest BCUT2D eigenvalue weighted by atomic mass is 35.5. The first-order valence-electron chi connectivity index (χ1n) is 7.91. The molecule has 0 saturated heterocycles. The van der Waals surface area contributed by atoms with Crippen molar-refractivity contribution in [2.45, 2.75) is 6.54 Å². The number of carbonyl (C=O) groups excluding carboxylic acids is 1. The van der Waals surface area contributed by atoms with Gasteiger partial charge in [-0.05, 0) is 18.2 Å². The zero-order valence-corrected chi connectivity index (χ0v) is 14.8. The Kier molecular flexibility index (Phi) is 5.66. The van der Waals surface area contributed by atoms with Crippen molar-refractivity contribution in [3.05, 3.63) is 77.1 Å². The molecule has 132 valence electrons. The van der Waals surface area contributed by atoms with Crippen LogP contribution in [0.15, 0.2) is 60.9 Å². The monoisotopic (exact) mass is 368 g/mol. The SMILES string of the molecule is COc1ccccc1CNc1ncc(C(=O)Nc2ccccc2Cl)cn1. The molecule has 0 saturated carbocycles. The van der Waals surface area contributed by atoms with E-state index in [0.29, 0.717) is 28.8 Å². The molecule has 6 nitrogen and oxygen atoms in total. The van der Waals surface area contributed by atoms with Crippen LogP contribution in [0.1, 0.15) is 15.9 Å². The van der Waals surface area contributed by atoms with Crippen LogP contribution in [0.25, 0.3) is 0 Å². The van der Waals surface area contributed by atoms with E-state index in [-0.39, 0.29) is 5.91 Å². The van der Waals surface area contributed by atoms with Crippen LogP contribution in [0.4, 0.5) is 11.6 Å². The number of nitrogens with one attached hydrogen (secondary N) is 2. The Labute approximate surface area is 156 Å². The minimum Gasteiger partial charge on any atom is -0.496 e. The molecule has 1 aromatic heterocycles. The van der Waals surface area contributed by atoms with Crippen molar-refractivity contribution >= 4 is 29.1 Å². The van der Waals surface area contributed by atoms with Crippen LogP contribution in [-0.2, 0) is 6.54 Å². The molecule has 1 amide bonds. The van der Waals surface area contributed by atoms with Gasteiger partial charge in [0.2, 0.25) is 5.95 Å². The molecule has 3 rings (SSSR count). The van der Waals surface area contributed by atoms with Gasteiger partial charge in [-0.2, -0.15) is 0 Å². The third-order valence-corrected chi connectivity index (χ3v) is 4.00. The second kappa shape index (κ2) is 8.31. The lowest BCUT2D eigenvalue weighted by molar-refractivity contribution is 0.102. The van der Waals surface area contributed by atoms with E-state index in [9.17, 15) is 4.79 Å². The first-order valence-corrected chi connectivity index (χ1v) is 8.29. The van der Waals surface area contributed by atoms with E-state index < -0.39 is 0 Å². The third kappa shape index (κ3) is 4.29. The number of rotatable bonds is 6. The van der Waals surface area contributed by atoms with Crippen molar-refractivity contribution in [2.24, 2.45) is 0 Å². The van der Waals surface area contributed by atoms with Gasteiger partial charge in [-0.15, -0.1) is 0 Å². The fourth-order valence-electron chi connectivity index (χ4n) is 2.32. The van der Waals surface area contributed by atoms with Gasteiger partial charge in [-0.1, -0.05) is 41.9 Å². The van der Waals surface area contributed by atoms with Gasteiger partial charge < -0.3 is 15.4 Å². The molecule has 1 heterocycles. The van der Waals surface area contributed by atoms with E-state index in [4.69, 9.17) is 16.3 Å². The Morgan fingerprint density at radius 2 is 1.77 bits per heavy atom. The summed E-state index contributed by atoms with van der Waals surface area (Å²) in [6.07, 6.45) is 2.92. The highest BCUT2D eigenvalue weighted by Gasteiger charge is 2.10. The van der Waals surface area contributed by atoms with Crippen molar-refractivity contribution in [3.8, 4) is 5.75 Å². The zero-order valence-electron chi connectivity index (χ0n) is 14.1. The van der Waals surface area contributed by atoms with Gasteiger partial charge in [0.1, 0.15) is 5.75 Å². The molecule has 0 unspecified atom stereocenters. The Hall–Kier alpha value is -3.12. The van der Waals surface area contributed by atoms with E-state index >= 15 is 0 Å². The smallest absolute Gasteiger partial charge is 0.258 e. The van der Waals surface area contributed by atoms with Crippen LogP contribution in [0.2, 0.25) is 5.02 Å². The molecular formula is C19H17ClN4O2. The first-order chi connectivity index (χ1) is 12.7. The topological polar surface area (TPSA) is 76.1 Å². The summed E-state index contributed by atoms with van der Waals surface area (Å²) in [7, 11) is 1.63. The molecule has 3 aromatic rings. The van der Waals surface area contributed by atoms with Crippen LogP contribution >= 0.6 is 11.6 Å². The summed E-state index contributed by atoms with van der Waals surface area (Å²) in [6.45, 7) is 0.509. The van der Waals surface area contributed by atoms with E-state index in [0.717, 1.165) is 11.3 Å². The second-order valence-electron chi connectivity index (χ2n) is 5.39. The Bertz CT molecular complexity index is 900. The van der Waals surface area contributed by atoms with Gasteiger partial charge in [-0.3, -0.25) is 4.79 Å². The summed E-state index contributed by atoms with van der Waals surface area (Å²) in [5.74, 6) is 0.885. The van der Waals surface area contributed by atoms with Crippen LogP contribution in [-0.4, -0.2) is 23.0 Å². The van der Waals surface area contributed by atoms with Gasteiger partial charge in [0.05, 0.1) is 23.4 Å². The minimum absolute atomic E-state index is 0.325. The number of anilines is 2. The molecule has 2 aromatic carbocycles. The largest absolute Gasteiger partial charge is 0.496 e. The van der Waals surface area contributed by atoms with Crippen molar-refractivity contribution in [1.29, 1.82) is 0 Å². The molecule has 0 bridgehead atoms. The van der Waals surface area contributed by atoms with Crippen LogP contribution in [0.3, 0.4) is 0 Å². The average Bonchev–Trinajstić information content (AvgIpc) is 2.68. The molecule has 26 heavy (non-hydrogen) atoms. The predicted octanol–water partition coefficient (Wildman–Crippen LogP) is 4.00. The predicted molar refractivity (Wildman–Crippen MR) is 102 cm³/mol. The lowest BCUT2D eigenvalue weighted by atomic mass is 10.2. The number of aromatic nitrogens is 2. The van der Waals surface area contributed by atoms with Gasteiger partial charge in [0, 0.05) is 24.5 Å². The van der Waals surface area contributed by atoms with Crippen molar-refractivity contribution in [2.75, 3.05) is 17.7 Å². The maximum Gasteiger partial charge on any atom is 0.258 e. The molecule has 0 aliphatic carbocycles. The Morgan fingerprint density at radius 1 is 1.08 bits per heavy atom. The molecule has 0 aliphatic heterocycles. The third-order valence-electron chi connectivity index (χ3n) is 3.67. The molecule has 0 fully saturated rings. The highest BCUT2D eigenvalue weighted by molar-refractivity contribution is 6.33. The quantitative estimate of drug-likeness (QED) is 0.687. The summed E-state index contributed by atoms with van der Waals surface area (Å²) >= 11 is 6.04. The number of ether oxygens (including phenoxy) is 1. The van der Waals surface area contributed by atoms with Crippen molar-refractivity contribution < 1.29 is 9.53 Å². The second-order valence-corrected chi connectivity index (χ2v) is 5.80. The van der Waals surface area contributed by atoms with Gasteiger partial charge in [-0.25, -0.2) is 9.97 Å². The maximum atomic E-state index is 12.3. The summed E-state index contributed by atoms with van der Waals surface area (Å²) in [5.41, 5.74) is 1.87. The van der Waals surface area contributed by atoms with E-state index in [2.05, 4.69) is 20.6 Å². The normalized spacial score (nSPS) is 10.2. The van der Waals surface area contributed by atoms with Crippen LogP contribution in [0.5, 0.6) is 5.75 Å². The molecule has 2 N–H and O–H groups in total. The molecule has 0 spiro atoms. The van der Waals surface area contributed by atoms with Gasteiger partial charge in [0.25, 0.3) is 5.91 Å². The number of hydrogen-bond acceptors (Lipinski definition) is 5. The number of carbonyl (C=O) groups is 1. The van der Waals surface area contributed by atoms with Gasteiger partial charge >= 0.3 is 0 Å². The van der Waals surface area contributed by atoms with E-state index in [1.54, 1.807) is 31.4 Å². The standard InChI is InChI=1S/C19H17ClN4O2/c1-26-17-9-5-2-6-13(17)10-21-19-22-11-14(12-23-19)18(25)24-16-8-4-3-7-15(16)20/h2-9,11-12H,10H2,1H3,(H,24,25)(H,21,22,23). The van der Waals surface area contributed by atoms with E-state index in [1.165, 1.54) is 12.4 Å². The summed E-state index contributed by atoms with van der Waals surface area (Å²) in [4.78, 5) is 20.6. The maximum absolute atomic E-state index is 12.3. The summed E-state index contributed by atoms with van der Waals surface area (Å²) in [6, 6.07) is 14.7. The number of nitrogens with zero attached hydrogens (tertiary/aromatic N) is 2. The fraction of sp³-hybridized carbons (Fsp3) is 0.105. The highest BCUT2D eigenvalue weighted by Crippen LogP contribution is 2.21. The fourth-order valence-corrected chi connectivity index (χ4v) is 2.50. The zero-order chi connectivity index (χ0) is 18.4. The van der Waals surface area contributed by atoms with Crippen molar-refractivity contribution in [3.63, 3.8) is 0 Å². The van der Waals surface area contributed by atoms with Crippen LogP contribution in [0, 0.1) is 0 Å². The Morgan fingerprint density at radius 3 is 2.50 bits per heavy atom.